The highest BCUT2D eigenvalue weighted by Gasteiger charge is 2.48. The number of ether oxygens (including phenoxy) is 2. The van der Waals surface area contributed by atoms with Crippen LogP contribution in [0.5, 0.6) is 11.5 Å². The van der Waals surface area contributed by atoms with E-state index in [9.17, 15) is 14.4 Å². The van der Waals surface area contributed by atoms with Gasteiger partial charge in [-0.2, -0.15) is 0 Å². The van der Waals surface area contributed by atoms with E-state index in [4.69, 9.17) is 14.6 Å². The minimum Gasteiger partial charge on any atom is -0.493 e. The summed E-state index contributed by atoms with van der Waals surface area (Å²) in [4.78, 5) is 38.4. The molecule has 0 saturated carbocycles. The van der Waals surface area contributed by atoms with Gasteiger partial charge in [0, 0.05) is 12.0 Å². The lowest BCUT2D eigenvalue weighted by Gasteiger charge is -2.38. The molecule has 0 radical (unpaired) electrons. The van der Waals surface area contributed by atoms with Crippen molar-refractivity contribution in [2.45, 2.75) is 18.5 Å². The average molecular weight is 396 g/mol. The number of carboxylic acid groups (broad SMARTS) is 1. The van der Waals surface area contributed by atoms with Crippen molar-refractivity contribution in [1.29, 1.82) is 0 Å². The largest absolute Gasteiger partial charge is 0.493 e. The second kappa shape index (κ2) is 7.12. The van der Waals surface area contributed by atoms with E-state index in [1.807, 2.05) is 24.3 Å². The number of nitrogens with one attached hydrogen (secondary N) is 1. The van der Waals surface area contributed by atoms with Crippen LogP contribution in [0.1, 0.15) is 33.1 Å². The lowest BCUT2D eigenvalue weighted by molar-refractivity contribution is -0.138. The molecule has 2 atom stereocenters. The Morgan fingerprint density at radius 2 is 1.83 bits per heavy atom. The first-order valence-electron chi connectivity index (χ1n) is 9.12. The lowest BCUT2D eigenvalue weighted by atomic mass is 9.86. The molecule has 0 fully saturated rings. The fraction of sp³-hybridized carbons (Fsp3) is 0.286. The van der Waals surface area contributed by atoms with Crippen LogP contribution >= 0.6 is 0 Å². The SMILES string of the molecule is COc1cc2c(cc1OC)[C@H]1c3ccccc3C(=O)N1[C@H](C(=O)NCC(=O)O)C2. The fourth-order valence-corrected chi connectivity index (χ4v) is 4.15. The molecular formula is C21H20N2O6. The van der Waals surface area contributed by atoms with E-state index in [0.29, 0.717) is 17.1 Å². The van der Waals surface area contributed by atoms with Gasteiger partial charge in [0.2, 0.25) is 5.91 Å². The van der Waals surface area contributed by atoms with Crippen LogP contribution in [0.15, 0.2) is 36.4 Å². The summed E-state index contributed by atoms with van der Waals surface area (Å²) in [6, 6.07) is 9.61. The number of rotatable bonds is 5. The van der Waals surface area contributed by atoms with E-state index in [2.05, 4.69) is 5.32 Å². The first-order chi connectivity index (χ1) is 14.0. The molecule has 0 saturated heterocycles. The summed E-state index contributed by atoms with van der Waals surface area (Å²) in [5, 5.41) is 11.3. The van der Waals surface area contributed by atoms with Gasteiger partial charge in [0.15, 0.2) is 11.5 Å². The van der Waals surface area contributed by atoms with Gasteiger partial charge in [0.25, 0.3) is 5.91 Å². The number of methoxy groups -OCH3 is 2. The van der Waals surface area contributed by atoms with Gasteiger partial charge in [-0.25, -0.2) is 0 Å². The number of amides is 2. The van der Waals surface area contributed by atoms with E-state index < -0.39 is 30.5 Å². The van der Waals surface area contributed by atoms with Gasteiger partial charge in [-0.1, -0.05) is 18.2 Å². The number of fused-ring (bicyclic) bond motifs is 5. The molecule has 2 amide bonds. The van der Waals surface area contributed by atoms with Crippen LogP contribution in [0.4, 0.5) is 0 Å². The molecule has 4 rings (SSSR count). The maximum absolute atomic E-state index is 13.1. The van der Waals surface area contributed by atoms with E-state index in [1.54, 1.807) is 19.2 Å². The fourth-order valence-electron chi connectivity index (χ4n) is 4.15. The van der Waals surface area contributed by atoms with Crippen LogP contribution in [-0.4, -0.2) is 54.6 Å². The third-order valence-corrected chi connectivity index (χ3v) is 5.40. The molecule has 0 spiro atoms. The highest BCUT2D eigenvalue weighted by atomic mass is 16.5. The third kappa shape index (κ3) is 2.97. The molecule has 8 heteroatoms. The van der Waals surface area contributed by atoms with Gasteiger partial charge >= 0.3 is 5.97 Å². The van der Waals surface area contributed by atoms with Gasteiger partial charge in [0.1, 0.15) is 12.6 Å². The highest BCUT2D eigenvalue weighted by Crippen LogP contribution is 2.47. The molecule has 2 N–H and O–H groups in total. The minimum atomic E-state index is -1.14. The molecule has 150 valence electrons. The molecular weight excluding hydrogens is 376 g/mol. The van der Waals surface area contributed by atoms with Gasteiger partial charge in [-0.3, -0.25) is 14.4 Å². The first-order valence-corrected chi connectivity index (χ1v) is 9.12. The maximum Gasteiger partial charge on any atom is 0.322 e. The van der Waals surface area contributed by atoms with Gasteiger partial charge in [-0.15, -0.1) is 0 Å². The second-order valence-electron chi connectivity index (χ2n) is 6.94. The van der Waals surface area contributed by atoms with Gasteiger partial charge in [0.05, 0.1) is 20.3 Å². The number of hydrogen-bond acceptors (Lipinski definition) is 5. The Hall–Kier alpha value is -3.55. The van der Waals surface area contributed by atoms with Crippen molar-refractivity contribution in [2.24, 2.45) is 0 Å². The van der Waals surface area contributed by atoms with Crippen molar-refractivity contribution in [3.8, 4) is 11.5 Å². The predicted molar refractivity (Wildman–Crippen MR) is 102 cm³/mol. The zero-order valence-electron chi connectivity index (χ0n) is 16.0. The normalized spacial score (nSPS) is 19.1. The Labute approximate surface area is 167 Å². The van der Waals surface area contributed by atoms with E-state index in [1.165, 1.54) is 12.0 Å². The second-order valence-corrected chi connectivity index (χ2v) is 6.94. The van der Waals surface area contributed by atoms with Crippen LogP contribution in [0.2, 0.25) is 0 Å². The van der Waals surface area contributed by atoms with Crippen LogP contribution in [0, 0.1) is 0 Å². The molecule has 0 unspecified atom stereocenters. The van der Waals surface area contributed by atoms with Crippen molar-refractivity contribution in [1.82, 2.24) is 10.2 Å². The Balaban J connectivity index is 1.85. The smallest absolute Gasteiger partial charge is 0.322 e. The Kier molecular flexibility index (Phi) is 4.62. The zero-order valence-corrected chi connectivity index (χ0v) is 16.0. The quantitative estimate of drug-likeness (QED) is 0.791. The summed E-state index contributed by atoms with van der Waals surface area (Å²) in [6.45, 7) is -0.506. The summed E-state index contributed by atoms with van der Waals surface area (Å²) >= 11 is 0. The van der Waals surface area contributed by atoms with E-state index in [-0.39, 0.29) is 12.3 Å². The van der Waals surface area contributed by atoms with Crippen molar-refractivity contribution in [3.63, 3.8) is 0 Å². The van der Waals surface area contributed by atoms with E-state index in [0.717, 1.165) is 16.7 Å². The number of hydrogen-bond donors (Lipinski definition) is 2. The summed E-state index contributed by atoms with van der Waals surface area (Å²) in [5.41, 5.74) is 3.06. The maximum atomic E-state index is 13.1. The lowest BCUT2D eigenvalue weighted by Crippen LogP contribution is -2.53. The van der Waals surface area contributed by atoms with Crippen LogP contribution in [0.25, 0.3) is 0 Å². The van der Waals surface area contributed by atoms with Gasteiger partial charge < -0.3 is 24.8 Å². The van der Waals surface area contributed by atoms with Crippen molar-refractivity contribution in [3.05, 3.63) is 58.7 Å². The van der Waals surface area contributed by atoms with Gasteiger partial charge in [-0.05, 0) is 34.9 Å². The summed E-state index contributed by atoms with van der Waals surface area (Å²) in [6.07, 6.45) is 0.247. The van der Waals surface area contributed by atoms with Crippen LogP contribution in [-0.2, 0) is 16.0 Å². The molecule has 2 aliphatic heterocycles. The van der Waals surface area contributed by atoms with E-state index >= 15 is 0 Å². The molecule has 0 aliphatic carbocycles. The van der Waals surface area contributed by atoms with Crippen molar-refractivity contribution >= 4 is 17.8 Å². The number of aliphatic carboxylic acids is 1. The Bertz CT molecular complexity index is 1020. The predicted octanol–water partition coefficient (Wildman–Crippen LogP) is 1.37. The molecule has 2 aromatic carbocycles. The van der Waals surface area contributed by atoms with Crippen molar-refractivity contribution in [2.75, 3.05) is 20.8 Å². The van der Waals surface area contributed by atoms with Crippen LogP contribution < -0.4 is 14.8 Å². The summed E-state index contributed by atoms with van der Waals surface area (Å²) in [5.74, 6) is -0.826. The van der Waals surface area contributed by atoms with Crippen molar-refractivity contribution < 1.29 is 29.0 Å². The number of carboxylic acids is 1. The number of benzene rings is 2. The third-order valence-electron chi connectivity index (χ3n) is 5.40. The molecule has 2 heterocycles. The minimum absolute atomic E-state index is 0.247. The Morgan fingerprint density at radius 1 is 1.14 bits per heavy atom. The number of nitrogens with zero attached hydrogens (tertiary/aromatic N) is 1. The molecule has 29 heavy (non-hydrogen) atoms. The monoisotopic (exact) mass is 396 g/mol. The average Bonchev–Trinajstić information content (AvgIpc) is 3.03. The molecule has 2 aromatic rings. The molecule has 0 aromatic heterocycles. The topological polar surface area (TPSA) is 105 Å². The molecule has 8 nitrogen and oxygen atoms in total. The first kappa shape index (κ1) is 18.8. The molecule has 2 aliphatic rings. The number of carbonyl (C=O) groups excluding carboxylic acids is 2. The van der Waals surface area contributed by atoms with Crippen LogP contribution in [0.3, 0.4) is 0 Å². The Morgan fingerprint density at radius 3 is 2.52 bits per heavy atom. The molecule has 0 bridgehead atoms. The summed E-state index contributed by atoms with van der Waals surface area (Å²) in [7, 11) is 3.07. The summed E-state index contributed by atoms with van der Waals surface area (Å²) < 4.78 is 10.8. The highest BCUT2D eigenvalue weighted by molar-refractivity contribution is 6.03. The standard InChI is InChI=1S/C21H20N2O6/c1-28-16-8-11-7-15(20(26)22-10-18(24)25)23-19(14(11)9-17(16)29-2)12-5-3-4-6-13(12)21(23)27/h3-6,8-9,15,19H,7,10H2,1-2H3,(H,22,26)(H,24,25)/t15-,19+/m0/s1. The zero-order chi connectivity index (χ0) is 20.7. The number of carbonyl (C=O) groups is 3.